The first-order valence-corrected chi connectivity index (χ1v) is 7.59. The van der Waals surface area contributed by atoms with Gasteiger partial charge in [0, 0.05) is 31.2 Å². The van der Waals surface area contributed by atoms with E-state index < -0.39 is 0 Å². The van der Waals surface area contributed by atoms with Crippen LogP contribution in [0, 0.1) is 17.2 Å². The van der Waals surface area contributed by atoms with Gasteiger partial charge >= 0.3 is 0 Å². The van der Waals surface area contributed by atoms with E-state index in [0.29, 0.717) is 23.7 Å². The molecule has 1 amide bonds. The largest absolute Gasteiger partial charge is 0.340 e. The van der Waals surface area contributed by atoms with Gasteiger partial charge in [0.25, 0.3) is 0 Å². The van der Waals surface area contributed by atoms with E-state index in [4.69, 9.17) is 5.26 Å². The number of nitrogens with zero attached hydrogens (tertiary/aromatic N) is 4. The molecule has 6 nitrogen and oxygen atoms in total. The number of nitriles is 1. The van der Waals surface area contributed by atoms with Crippen LogP contribution in [0.2, 0.25) is 0 Å². The molecule has 1 N–H and O–H groups in total. The second kappa shape index (κ2) is 6.88. The summed E-state index contributed by atoms with van der Waals surface area (Å²) < 4.78 is 0. The molecule has 1 aliphatic heterocycles. The predicted octanol–water partition coefficient (Wildman–Crippen LogP) is 2.20. The third-order valence-corrected chi connectivity index (χ3v) is 3.91. The Morgan fingerprint density at radius 2 is 2.00 bits per heavy atom. The Kier molecular flexibility index (Phi) is 4.48. The Morgan fingerprint density at radius 1 is 1.26 bits per heavy atom. The van der Waals surface area contributed by atoms with Gasteiger partial charge in [-0.05, 0) is 43.2 Å². The molecule has 1 unspecified atom stereocenters. The third kappa shape index (κ3) is 3.64. The molecule has 1 fully saturated rings. The zero-order valence-corrected chi connectivity index (χ0v) is 12.6. The van der Waals surface area contributed by atoms with Gasteiger partial charge < -0.3 is 10.2 Å². The molecular weight excluding hydrogens is 290 g/mol. The zero-order chi connectivity index (χ0) is 16.1. The highest BCUT2D eigenvalue weighted by molar-refractivity contribution is 5.93. The van der Waals surface area contributed by atoms with Crippen molar-refractivity contribution in [1.82, 2.24) is 9.97 Å². The lowest BCUT2D eigenvalue weighted by molar-refractivity contribution is -0.120. The summed E-state index contributed by atoms with van der Waals surface area (Å²) in [6.45, 7) is 1.48. The number of benzene rings is 1. The summed E-state index contributed by atoms with van der Waals surface area (Å²) in [5, 5.41) is 11.7. The van der Waals surface area contributed by atoms with E-state index in [0.717, 1.165) is 19.4 Å². The van der Waals surface area contributed by atoms with Crippen molar-refractivity contribution in [2.45, 2.75) is 12.8 Å². The number of amides is 1. The molecule has 0 bridgehead atoms. The number of carbonyl (C=O) groups excluding carboxylic acids is 1. The molecule has 116 valence electrons. The van der Waals surface area contributed by atoms with Crippen LogP contribution in [0.15, 0.2) is 42.7 Å². The highest BCUT2D eigenvalue weighted by atomic mass is 16.1. The lowest BCUT2D eigenvalue weighted by atomic mass is 9.97. The van der Waals surface area contributed by atoms with Crippen LogP contribution in [-0.2, 0) is 4.79 Å². The second-order valence-electron chi connectivity index (χ2n) is 5.51. The van der Waals surface area contributed by atoms with Crippen LogP contribution in [0.4, 0.5) is 11.6 Å². The summed E-state index contributed by atoms with van der Waals surface area (Å²) in [4.78, 5) is 23.0. The molecule has 1 aromatic heterocycles. The van der Waals surface area contributed by atoms with E-state index >= 15 is 0 Å². The van der Waals surface area contributed by atoms with Crippen molar-refractivity contribution in [2.75, 3.05) is 23.3 Å². The summed E-state index contributed by atoms with van der Waals surface area (Å²) in [5.74, 6) is 0.571. The number of aromatic nitrogens is 2. The minimum absolute atomic E-state index is 0.00432. The van der Waals surface area contributed by atoms with E-state index in [1.54, 1.807) is 42.7 Å². The fourth-order valence-electron chi connectivity index (χ4n) is 2.70. The quantitative estimate of drug-likeness (QED) is 0.940. The van der Waals surface area contributed by atoms with Crippen LogP contribution in [0.1, 0.15) is 18.4 Å². The monoisotopic (exact) mass is 307 g/mol. The maximum absolute atomic E-state index is 12.5. The molecule has 0 radical (unpaired) electrons. The Morgan fingerprint density at radius 3 is 2.70 bits per heavy atom. The van der Waals surface area contributed by atoms with Gasteiger partial charge in [0.05, 0.1) is 17.6 Å². The lowest BCUT2D eigenvalue weighted by Crippen LogP contribution is -2.41. The van der Waals surface area contributed by atoms with E-state index in [2.05, 4.69) is 21.4 Å². The molecule has 0 aliphatic carbocycles. The number of hydrogen-bond acceptors (Lipinski definition) is 5. The van der Waals surface area contributed by atoms with Gasteiger partial charge in [0.1, 0.15) is 0 Å². The third-order valence-electron chi connectivity index (χ3n) is 3.91. The van der Waals surface area contributed by atoms with Crippen LogP contribution >= 0.6 is 0 Å². The molecule has 1 saturated heterocycles. The van der Waals surface area contributed by atoms with Crippen LogP contribution < -0.4 is 10.2 Å². The normalized spacial score (nSPS) is 17.3. The molecule has 6 heteroatoms. The van der Waals surface area contributed by atoms with Crippen molar-refractivity contribution in [1.29, 1.82) is 5.26 Å². The predicted molar refractivity (Wildman–Crippen MR) is 86.8 cm³/mol. The molecular formula is C17H17N5O. The molecule has 0 spiro atoms. The van der Waals surface area contributed by atoms with Crippen molar-refractivity contribution >= 4 is 17.5 Å². The topological polar surface area (TPSA) is 81.9 Å². The first-order chi connectivity index (χ1) is 11.3. The van der Waals surface area contributed by atoms with Crippen LogP contribution in [0.25, 0.3) is 0 Å². The van der Waals surface area contributed by atoms with E-state index in [9.17, 15) is 4.79 Å². The number of nitrogens with one attached hydrogen (secondary N) is 1. The highest BCUT2D eigenvalue weighted by Crippen LogP contribution is 2.21. The first-order valence-electron chi connectivity index (χ1n) is 7.59. The molecule has 0 saturated carbocycles. The van der Waals surface area contributed by atoms with Gasteiger partial charge in [-0.3, -0.25) is 4.79 Å². The fourth-order valence-corrected chi connectivity index (χ4v) is 2.70. The standard InChI is InChI=1S/C17H17N5O/c18-11-13-4-6-15(7-5-13)21-16(23)14-3-1-10-22(12-14)17-19-8-2-9-20-17/h2,4-9,14H,1,3,10,12H2,(H,21,23). The molecule has 2 heterocycles. The van der Waals surface area contributed by atoms with Gasteiger partial charge in [0.15, 0.2) is 0 Å². The minimum atomic E-state index is -0.0943. The fraction of sp³-hybridized carbons (Fsp3) is 0.294. The van der Waals surface area contributed by atoms with Gasteiger partial charge in [-0.2, -0.15) is 5.26 Å². The number of hydrogen-bond donors (Lipinski definition) is 1. The van der Waals surface area contributed by atoms with E-state index in [-0.39, 0.29) is 11.8 Å². The zero-order valence-electron chi connectivity index (χ0n) is 12.6. The number of anilines is 2. The Balaban J connectivity index is 1.64. The van der Waals surface area contributed by atoms with Crippen molar-refractivity contribution in [3.05, 3.63) is 48.3 Å². The number of rotatable bonds is 3. The summed E-state index contributed by atoms with van der Waals surface area (Å²) >= 11 is 0. The van der Waals surface area contributed by atoms with Gasteiger partial charge in [-0.25, -0.2) is 9.97 Å². The molecule has 23 heavy (non-hydrogen) atoms. The van der Waals surface area contributed by atoms with Crippen LogP contribution in [-0.4, -0.2) is 29.0 Å². The maximum atomic E-state index is 12.5. The Labute approximate surface area is 134 Å². The Bertz CT molecular complexity index is 708. The molecule has 1 atom stereocenters. The second-order valence-corrected chi connectivity index (χ2v) is 5.51. The number of carbonyl (C=O) groups is 1. The van der Waals surface area contributed by atoms with Crippen LogP contribution in [0.3, 0.4) is 0 Å². The van der Waals surface area contributed by atoms with Gasteiger partial charge in [0.2, 0.25) is 11.9 Å². The average Bonchev–Trinajstić information content (AvgIpc) is 2.63. The number of piperidine rings is 1. The summed E-state index contributed by atoms with van der Waals surface area (Å²) in [7, 11) is 0. The van der Waals surface area contributed by atoms with Crippen molar-refractivity contribution in [3.63, 3.8) is 0 Å². The van der Waals surface area contributed by atoms with Gasteiger partial charge in [-0.1, -0.05) is 0 Å². The summed E-state index contributed by atoms with van der Waals surface area (Å²) in [5.41, 5.74) is 1.29. The van der Waals surface area contributed by atoms with Gasteiger partial charge in [-0.15, -0.1) is 0 Å². The van der Waals surface area contributed by atoms with E-state index in [1.165, 1.54) is 0 Å². The first kappa shape index (κ1) is 15.0. The summed E-state index contributed by atoms with van der Waals surface area (Å²) in [6.07, 6.45) is 5.21. The van der Waals surface area contributed by atoms with Crippen molar-refractivity contribution in [2.24, 2.45) is 5.92 Å². The lowest BCUT2D eigenvalue weighted by Gasteiger charge is -2.31. The molecule has 3 rings (SSSR count). The Hall–Kier alpha value is -2.94. The molecule has 1 aromatic carbocycles. The van der Waals surface area contributed by atoms with E-state index in [1.807, 2.05) is 4.90 Å². The van der Waals surface area contributed by atoms with Crippen molar-refractivity contribution in [3.8, 4) is 6.07 Å². The molecule has 2 aromatic rings. The minimum Gasteiger partial charge on any atom is -0.340 e. The molecule has 1 aliphatic rings. The maximum Gasteiger partial charge on any atom is 0.229 e. The summed E-state index contributed by atoms with van der Waals surface area (Å²) in [6, 6.07) is 10.7. The smallest absolute Gasteiger partial charge is 0.229 e. The SMILES string of the molecule is N#Cc1ccc(NC(=O)C2CCCN(c3ncccn3)C2)cc1. The average molecular weight is 307 g/mol. The van der Waals surface area contributed by atoms with Crippen molar-refractivity contribution < 1.29 is 4.79 Å². The van der Waals surface area contributed by atoms with Crippen LogP contribution in [0.5, 0.6) is 0 Å². The highest BCUT2D eigenvalue weighted by Gasteiger charge is 2.27.